The van der Waals surface area contributed by atoms with Crippen molar-refractivity contribution in [2.24, 2.45) is 5.92 Å². The van der Waals surface area contributed by atoms with Crippen LogP contribution in [-0.2, 0) is 0 Å². The van der Waals surface area contributed by atoms with Crippen LogP contribution in [0.15, 0.2) is 17.0 Å². The van der Waals surface area contributed by atoms with Crippen molar-refractivity contribution in [1.82, 2.24) is 19.6 Å². The van der Waals surface area contributed by atoms with Crippen molar-refractivity contribution < 1.29 is 0 Å². The third-order valence-corrected chi connectivity index (χ3v) is 3.98. The molecule has 1 unspecified atom stereocenters. The van der Waals surface area contributed by atoms with Crippen LogP contribution in [0.2, 0.25) is 0 Å². The molecule has 17 heavy (non-hydrogen) atoms. The zero-order chi connectivity index (χ0) is 11.8. The molecule has 2 aromatic heterocycles. The molecular formula is C11H14BrN5. The molecule has 1 atom stereocenters. The first kappa shape index (κ1) is 11.0. The van der Waals surface area contributed by atoms with Gasteiger partial charge in [0.15, 0.2) is 5.65 Å². The summed E-state index contributed by atoms with van der Waals surface area (Å²) in [5.74, 6) is 1.73. The lowest BCUT2D eigenvalue weighted by atomic mass is 10.1. The van der Waals surface area contributed by atoms with Crippen molar-refractivity contribution in [3.8, 4) is 0 Å². The number of aromatic nitrogens is 4. The summed E-state index contributed by atoms with van der Waals surface area (Å²) in [7, 11) is 0. The first-order chi connectivity index (χ1) is 8.29. The Hall–Kier alpha value is -1.17. The van der Waals surface area contributed by atoms with Crippen molar-refractivity contribution in [1.29, 1.82) is 0 Å². The summed E-state index contributed by atoms with van der Waals surface area (Å²) in [6.45, 7) is 4.40. The van der Waals surface area contributed by atoms with Crippen molar-refractivity contribution >= 4 is 27.5 Å². The van der Waals surface area contributed by atoms with Crippen LogP contribution in [0.4, 0.5) is 5.95 Å². The van der Waals surface area contributed by atoms with E-state index in [0.717, 1.165) is 35.1 Å². The molecule has 1 saturated heterocycles. The molecule has 0 N–H and O–H groups in total. The fourth-order valence-electron chi connectivity index (χ4n) is 2.36. The summed E-state index contributed by atoms with van der Waals surface area (Å²) in [6.07, 6.45) is 6.01. The van der Waals surface area contributed by atoms with Gasteiger partial charge in [0, 0.05) is 19.3 Å². The van der Waals surface area contributed by atoms with Gasteiger partial charge in [-0.25, -0.2) is 9.38 Å². The van der Waals surface area contributed by atoms with Crippen LogP contribution in [-0.4, -0.2) is 32.7 Å². The van der Waals surface area contributed by atoms with Gasteiger partial charge in [0.1, 0.15) is 6.33 Å². The molecule has 0 spiro atoms. The van der Waals surface area contributed by atoms with Crippen LogP contribution in [0, 0.1) is 5.92 Å². The Morgan fingerprint density at radius 1 is 1.53 bits per heavy atom. The van der Waals surface area contributed by atoms with E-state index in [0.29, 0.717) is 0 Å². The fourth-order valence-corrected chi connectivity index (χ4v) is 2.73. The molecule has 0 radical (unpaired) electrons. The summed E-state index contributed by atoms with van der Waals surface area (Å²) >= 11 is 3.44. The summed E-state index contributed by atoms with van der Waals surface area (Å²) in [4.78, 5) is 6.81. The lowest BCUT2D eigenvalue weighted by Gasteiger charge is -2.18. The Morgan fingerprint density at radius 3 is 3.18 bits per heavy atom. The molecule has 0 bridgehead atoms. The zero-order valence-electron chi connectivity index (χ0n) is 9.67. The number of fused-ring (bicyclic) bond motifs is 1. The second-order valence-corrected chi connectivity index (χ2v) is 5.29. The third kappa shape index (κ3) is 1.80. The molecule has 1 aliphatic rings. The maximum atomic E-state index is 4.49. The fraction of sp³-hybridized carbons (Fsp3) is 0.545. The van der Waals surface area contributed by atoms with Gasteiger partial charge < -0.3 is 4.90 Å². The van der Waals surface area contributed by atoms with E-state index >= 15 is 0 Å². The van der Waals surface area contributed by atoms with E-state index in [4.69, 9.17) is 0 Å². The number of hydrogen-bond donors (Lipinski definition) is 0. The smallest absolute Gasteiger partial charge is 0.212 e. The molecule has 0 amide bonds. The molecule has 6 heteroatoms. The van der Waals surface area contributed by atoms with Crippen LogP contribution in [0.1, 0.15) is 19.8 Å². The van der Waals surface area contributed by atoms with E-state index in [-0.39, 0.29) is 0 Å². The Bertz CT molecular complexity index is 538. The molecular weight excluding hydrogens is 282 g/mol. The second kappa shape index (κ2) is 4.25. The van der Waals surface area contributed by atoms with Crippen LogP contribution in [0.5, 0.6) is 0 Å². The molecule has 1 fully saturated rings. The molecule has 90 valence electrons. The highest BCUT2D eigenvalue weighted by molar-refractivity contribution is 9.10. The highest BCUT2D eigenvalue weighted by Crippen LogP contribution is 2.26. The number of anilines is 1. The largest absolute Gasteiger partial charge is 0.342 e. The average molecular weight is 296 g/mol. The van der Waals surface area contributed by atoms with Gasteiger partial charge >= 0.3 is 0 Å². The highest BCUT2D eigenvalue weighted by Gasteiger charge is 2.24. The van der Waals surface area contributed by atoms with E-state index in [9.17, 15) is 0 Å². The molecule has 5 nitrogen and oxygen atoms in total. The lowest BCUT2D eigenvalue weighted by molar-refractivity contribution is 0.568. The maximum absolute atomic E-state index is 4.49. The molecule has 0 aromatic carbocycles. The predicted octanol–water partition coefficient (Wildman–Crippen LogP) is 2.12. The summed E-state index contributed by atoms with van der Waals surface area (Å²) in [6, 6.07) is 0. The topological polar surface area (TPSA) is 46.3 Å². The minimum Gasteiger partial charge on any atom is -0.342 e. The minimum absolute atomic E-state index is 0.784. The second-order valence-electron chi connectivity index (χ2n) is 4.44. The van der Waals surface area contributed by atoms with Crippen LogP contribution in [0.25, 0.3) is 5.65 Å². The van der Waals surface area contributed by atoms with Gasteiger partial charge in [-0.05, 0) is 28.3 Å². The summed E-state index contributed by atoms with van der Waals surface area (Å²) in [5.41, 5.74) is 0.829. The molecule has 2 aromatic rings. The average Bonchev–Trinajstić information content (AvgIpc) is 2.98. The van der Waals surface area contributed by atoms with Gasteiger partial charge in [-0.2, -0.15) is 0 Å². The van der Waals surface area contributed by atoms with E-state index in [1.807, 2.05) is 4.40 Å². The van der Waals surface area contributed by atoms with Gasteiger partial charge in [-0.1, -0.05) is 13.3 Å². The third-order valence-electron chi connectivity index (χ3n) is 3.42. The Morgan fingerprint density at radius 2 is 2.41 bits per heavy atom. The Labute approximate surface area is 108 Å². The molecule has 0 aliphatic carbocycles. The summed E-state index contributed by atoms with van der Waals surface area (Å²) < 4.78 is 2.83. The quantitative estimate of drug-likeness (QED) is 0.851. The van der Waals surface area contributed by atoms with Gasteiger partial charge in [0.25, 0.3) is 0 Å². The van der Waals surface area contributed by atoms with Gasteiger partial charge in [-0.15, -0.1) is 10.2 Å². The van der Waals surface area contributed by atoms with Crippen molar-refractivity contribution in [2.75, 3.05) is 18.0 Å². The number of nitrogens with zero attached hydrogens (tertiary/aromatic N) is 5. The van der Waals surface area contributed by atoms with Crippen molar-refractivity contribution in [2.45, 2.75) is 19.8 Å². The number of hydrogen-bond acceptors (Lipinski definition) is 4. The van der Waals surface area contributed by atoms with Gasteiger partial charge in [0.05, 0.1) is 4.47 Å². The number of rotatable bonds is 2. The Balaban J connectivity index is 2.01. The first-order valence-electron chi connectivity index (χ1n) is 5.88. The van der Waals surface area contributed by atoms with E-state index in [1.165, 1.54) is 12.8 Å². The maximum Gasteiger partial charge on any atom is 0.212 e. The number of halogens is 1. The van der Waals surface area contributed by atoms with Gasteiger partial charge in [-0.3, -0.25) is 0 Å². The molecule has 3 rings (SSSR count). The normalized spacial score (nSPS) is 20.4. The lowest BCUT2D eigenvalue weighted by Crippen LogP contribution is -2.23. The van der Waals surface area contributed by atoms with E-state index < -0.39 is 0 Å². The standard InChI is InChI=1S/C11H14BrN5/c1-2-8-3-4-16(6-8)11-13-5-9(12)10-15-14-7-17(10)11/h5,7-8H,2-4,6H2,1H3. The monoisotopic (exact) mass is 295 g/mol. The predicted molar refractivity (Wildman–Crippen MR) is 69.1 cm³/mol. The van der Waals surface area contributed by atoms with Crippen LogP contribution < -0.4 is 4.90 Å². The SMILES string of the molecule is CCC1CCN(c2ncc(Br)c3nncn23)C1. The highest BCUT2D eigenvalue weighted by atomic mass is 79.9. The van der Waals surface area contributed by atoms with E-state index in [2.05, 4.69) is 42.9 Å². The molecule has 1 aliphatic heterocycles. The molecule has 3 heterocycles. The van der Waals surface area contributed by atoms with Crippen molar-refractivity contribution in [3.63, 3.8) is 0 Å². The first-order valence-corrected chi connectivity index (χ1v) is 6.68. The van der Waals surface area contributed by atoms with E-state index in [1.54, 1.807) is 12.5 Å². The molecule has 0 saturated carbocycles. The van der Waals surface area contributed by atoms with Crippen molar-refractivity contribution in [3.05, 3.63) is 17.0 Å². The van der Waals surface area contributed by atoms with Crippen LogP contribution in [0.3, 0.4) is 0 Å². The summed E-state index contributed by atoms with van der Waals surface area (Å²) in [5, 5.41) is 8.04. The Kier molecular flexibility index (Phi) is 2.74. The van der Waals surface area contributed by atoms with Crippen LogP contribution >= 0.6 is 15.9 Å². The van der Waals surface area contributed by atoms with Gasteiger partial charge in [0.2, 0.25) is 5.95 Å². The minimum atomic E-state index is 0.784. The zero-order valence-corrected chi connectivity index (χ0v) is 11.3.